The molecule has 2 aromatic rings. The van der Waals surface area contributed by atoms with Crippen LogP contribution in [0.15, 0.2) is 64.6 Å². The molecule has 1 atom stereocenters. The van der Waals surface area contributed by atoms with Gasteiger partial charge in [0.25, 0.3) is 0 Å². The molecule has 0 saturated carbocycles. The zero-order valence-corrected chi connectivity index (χ0v) is 19.6. The Kier molecular flexibility index (Phi) is 9.64. The van der Waals surface area contributed by atoms with E-state index in [9.17, 15) is 4.79 Å². The van der Waals surface area contributed by atoms with Gasteiger partial charge in [-0.1, -0.05) is 74.9 Å². The average molecular weight is 421 g/mol. The Morgan fingerprint density at radius 3 is 2.32 bits per heavy atom. The highest BCUT2D eigenvalue weighted by atomic mass is 16.5. The normalized spacial score (nSPS) is 13.4. The van der Waals surface area contributed by atoms with Crippen LogP contribution in [0, 0.1) is 0 Å². The zero-order valence-electron chi connectivity index (χ0n) is 19.6. The number of nitrogens with zero attached hydrogens (tertiary/aromatic N) is 2. The predicted molar refractivity (Wildman–Crippen MR) is 130 cm³/mol. The molecular weight excluding hydrogens is 384 g/mol. The molecule has 1 unspecified atom stereocenters. The lowest BCUT2D eigenvalue weighted by molar-refractivity contribution is -0.145. The summed E-state index contributed by atoms with van der Waals surface area (Å²) in [5.41, 5.74) is 4.26. The molecule has 0 bridgehead atoms. The van der Waals surface area contributed by atoms with E-state index in [0.717, 1.165) is 48.4 Å². The number of esters is 1. The van der Waals surface area contributed by atoms with E-state index >= 15 is 0 Å². The molecule has 0 heterocycles. The molecule has 31 heavy (non-hydrogen) atoms. The second-order valence-electron chi connectivity index (χ2n) is 8.46. The predicted octanol–water partition coefficient (Wildman–Crippen LogP) is 6.52. The van der Waals surface area contributed by atoms with E-state index < -0.39 is 0 Å². The monoisotopic (exact) mass is 420 g/mol. The Hall–Kier alpha value is -2.75. The number of amidine groups is 1. The highest BCUT2D eigenvalue weighted by Gasteiger charge is 2.29. The summed E-state index contributed by atoms with van der Waals surface area (Å²) in [5.74, 6) is 0.623. The molecule has 2 rings (SSSR count). The topological polar surface area (TPSA) is 51.0 Å². The summed E-state index contributed by atoms with van der Waals surface area (Å²) in [6.45, 7) is 8.80. The molecule has 0 spiro atoms. The number of rotatable bonds is 10. The van der Waals surface area contributed by atoms with Crippen molar-refractivity contribution in [2.24, 2.45) is 9.98 Å². The van der Waals surface area contributed by atoms with E-state index in [1.54, 1.807) is 7.05 Å². The van der Waals surface area contributed by atoms with Gasteiger partial charge in [-0.2, -0.15) is 0 Å². The first kappa shape index (κ1) is 24.5. The molecule has 4 nitrogen and oxygen atoms in total. The number of hydrogen-bond donors (Lipinski definition) is 0. The quantitative estimate of drug-likeness (QED) is 0.250. The van der Waals surface area contributed by atoms with Gasteiger partial charge in [0.15, 0.2) is 5.84 Å². The van der Waals surface area contributed by atoms with Crippen LogP contribution in [0.3, 0.4) is 0 Å². The fourth-order valence-electron chi connectivity index (χ4n) is 4.03. The Morgan fingerprint density at radius 1 is 1.00 bits per heavy atom. The van der Waals surface area contributed by atoms with E-state index in [0.29, 0.717) is 13.0 Å². The molecule has 166 valence electrons. The minimum Gasteiger partial charge on any atom is -0.461 e. The van der Waals surface area contributed by atoms with Crippen LogP contribution in [0.4, 0.5) is 0 Å². The maximum atomic E-state index is 12.3. The molecule has 0 amide bonds. The van der Waals surface area contributed by atoms with Gasteiger partial charge in [-0.15, -0.1) is 0 Å². The second kappa shape index (κ2) is 12.2. The molecule has 0 N–H and O–H groups in total. The van der Waals surface area contributed by atoms with Gasteiger partial charge in [0, 0.05) is 24.7 Å². The Bertz CT molecular complexity index is 898. The molecule has 0 aliphatic heterocycles. The molecule has 0 radical (unpaired) electrons. The fraction of sp³-hybridized carbons (Fsp3) is 0.444. The van der Waals surface area contributed by atoms with Crippen LogP contribution >= 0.6 is 0 Å². The SMILES string of the molecule is CCCC(C)(CCCC(=O)OCc1ccccc1)c1ccccc1/C(N=C(C)C)=N/C. The van der Waals surface area contributed by atoms with Crippen LogP contribution in [-0.4, -0.2) is 24.6 Å². The lowest BCUT2D eigenvalue weighted by Gasteiger charge is -2.32. The third-order valence-corrected chi connectivity index (χ3v) is 5.51. The summed E-state index contributed by atoms with van der Waals surface area (Å²) in [6.07, 6.45) is 4.22. The fourth-order valence-corrected chi connectivity index (χ4v) is 4.03. The van der Waals surface area contributed by atoms with Crippen molar-refractivity contribution in [2.75, 3.05) is 7.05 Å². The van der Waals surface area contributed by atoms with Crippen molar-refractivity contribution in [1.82, 2.24) is 0 Å². The average Bonchev–Trinajstić information content (AvgIpc) is 2.77. The summed E-state index contributed by atoms with van der Waals surface area (Å²) in [6, 6.07) is 18.2. The Morgan fingerprint density at radius 2 is 1.68 bits per heavy atom. The van der Waals surface area contributed by atoms with Gasteiger partial charge in [-0.3, -0.25) is 9.79 Å². The minimum atomic E-state index is -0.141. The first-order valence-electron chi connectivity index (χ1n) is 11.2. The van der Waals surface area contributed by atoms with Crippen molar-refractivity contribution < 1.29 is 9.53 Å². The molecule has 0 saturated heterocycles. The first-order chi connectivity index (χ1) is 14.9. The van der Waals surface area contributed by atoms with Gasteiger partial charge in [-0.25, -0.2) is 4.99 Å². The summed E-state index contributed by atoms with van der Waals surface area (Å²) < 4.78 is 5.46. The maximum absolute atomic E-state index is 12.3. The van der Waals surface area contributed by atoms with Crippen LogP contribution in [0.2, 0.25) is 0 Å². The summed E-state index contributed by atoms with van der Waals surface area (Å²) in [4.78, 5) is 21.4. The summed E-state index contributed by atoms with van der Waals surface area (Å²) in [7, 11) is 1.79. The largest absolute Gasteiger partial charge is 0.461 e. The van der Waals surface area contributed by atoms with Crippen molar-refractivity contribution in [3.05, 3.63) is 71.3 Å². The number of benzene rings is 2. The lowest BCUT2D eigenvalue weighted by atomic mass is 9.73. The summed E-state index contributed by atoms with van der Waals surface area (Å²) in [5, 5.41) is 0. The van der Waals surface area contributed by atoms with E-state index in [2.05, 4.69) is 42.0 Å². The number of carbonyl (C=O) groups excluding carboxylic acids is 1. The van der Waals surface area contributed by atoms with Gasteiger partial charge in [-0.05, 0) is 49.7 Å². The lowest BCUT2D eigenvalue weighted by Crippen LogP contribution is -2.25. The van der Waals surface area contributed by atoms with Gasteiger partial charge in [0.1, 0.15) is 6.61 Å². The van der Waals surface area contributed by atoms with Crippen LogP contribution in [-0.2, 0) is 21.6 Å². The third-order valence-electron chi connectivity index (χ3n) is 5.51. The molecule has 4 heteroatoms. The number of aliphatic imine (C=N–C) groups is 2. The van der Waals surface area contributed by atoms with Gasteiger partial charge >= 0.3 is 5.97 Å². The Labute approximate surface area is 187 Å². The molecular formula is C27H36N2O2. The van der Waals surface area contributed by atoms with E-state index in [4.69, 9.17) is 4.74 Å². The zero-order chi connectivity index (χ0) is 22.7. The standard InChI is InChI=1S/C27H36N2O2/c1-6-18-27(4,19-12-17-25(30)31-20-22-13-8-7-9-14-22)24-16-11-10-15-23(24)26(28-5)29-21(2)3/h7-11,13-16H,6,12,17-20H2,1-5H3/b28-26-. The van der Waals surface area contributed by atoms with Crippen LogP contribution in [0.1, 0.15) is 76.5 Å². The Balaban J connectivity index is 2.10. The molecule has 0 aliphatic rings. The highest BCUT2D eigenvalue weighted by molar-refractivity contribution is 6.07. The third kappa shape index (κ3) is 7.46. The van der Waals surface area contributed by atoms with E-state index in [1.165, 1.54) is 5.56 Å². The second-order valence-corrected chi connectivity index (χ2v) is 8.46. The molecule has 0 aromatic heterocycles. The van der Waals surface area contributed by atoms with Crippen LogP contribution in [0.5, 0.6) is 0 Å². The molecule has 0 fully saturated rings. The van der Waals surface area contributed by atoms with Crippen LogP contribution < -0.4 is 0 Å². The van der Waals surface area contributed by atoms with Crippen LogP contribution in [0.25, 0.3) is 0 Å². The van der Waals surface area contributed by atoms with Gasteiger partial charge in [0.2, 0.25) is 0 Å². The van der Waals surface area contributed by atoms with Crippen molar-refractivity contribution in [2.45, 2.75) is 71.8 Å². The molecule has 0 aliphatic carbocycles. The number of hydrogen-bond acceptors (Lipinski definition) is 3. The number of carbonyl (C=O) groups is 1. The van der Waals surface area contributed by atoms with Crippen molar-refractivity contribution in [3.63, 3.8) is 0 Å². The number of ether oxygens (including phenoxy) is 1. The maximum Gasteiger partial charge on any atom is 0.306 e. The van der Waals surface area contributed by atoms with Crippen molar-refractivity contribution in [1.29, 1.82) is 0 Å². The first-order valence-corrected chi connectivity index (χ1v) is 11.2. The molecule has 2 aromatic carbocycles. The smallest absolute Gasteiger partial charge is 0.306 e. The van der Waals surface area contributed by atoms with E-state index in [-0.39, 0.29) is 11.4 Å². The van der Waals surface area contributed by atoms with Gasteiger partial charge in [0.05, 0.1) is 0 Å². The van der Waals surface area contributed by atoms with Crippen molar-refractivity contribution >= 4 is 17.5 Å². The van der Waals surface area contributed by atoms with Crippen molar-refractivity contribution in [3.8, 4) is 0 Å². The minimum absolute atomic E-state index is 0.0574. The summed E-state index contributed by atoms with van der Waals surface area (Å²) >= 11 is 0. The highest BCUT2D eigenvalue weighted by Crippen LogP contribution is 2.37. The van der Waals surface area contributed by atoms with E-state index in [1.807, 2.05) is 50.2 Å². The van der Waals surface area contributed by atoms with Gasteiger partial charge < -0.3 is 4.74 Å².